The van der Waals surface area contributed by atoms with E-state index < -0.39 is 5.82 Å². The first kappa shape index (κ1) is 31.1. The Morgan fingerprint density at radius 3 is 1.48 bits per heavy atom. The summed E-state index contributed by atoms with van der Waals surface area (Å²) in [5, 5.41) is 0. The van der Waals surface area contributed by atoms with Gasteiger partial charge in [-0.25, -0.2) is 0 Å². The van der Waals surface area contributed by atoms with Gasteiger partial charge in [0.1, 0.15) is 0 Å². The summed E-state index contributed by atoms with van der Waals surface area (Å²) in [4.78, 5) is 4.85. The fraction of sp³-hybridized carbons (Fsp3) is 0. The average Bonchev–Trinajstić information content (AvgIpc) is 3.12. The van der Waals surface area contributed by atoms with E-state index in [9.17, 15) is 4.39 Å². The van der Waals surface area contributed by atoms with Crippen molar-refractivity contribution in [1.82, 2.24) is 0 Å². The number of amidine groups is 1. The van der Waals surface area contributed by atoms with Crippen LogP contribution in [-0.2, 0) is 17.0 Å². The first-order chi connectivity index (χ1) is 22.7. The second-order valence-corrected chi connectivity index (χ2v) is 12.2. The predicted molar refractivity (Wildman–Crippen MR) is 188 cm³/mol. The molecule has 0 aliphatic carbocycles. The molecular formula is C41H30ClFN2Pd. The van der Waals surface area contributed by atoms with Crippen molar-refractivity contribution in [2.24, 2.45) is 10.7 Å². The van der Waals surface area contributed by atoms with E-state index >= 15 is 0 Å². The Hall–Kier alpha value is -4.85. The molecule has 0 bridgehead atoms. The van der Waals surface area contributed by atoms with Crippen LogP contribution < -0.4 is 5.73 Å². The van der Waals surface area contributed by atoms with Gasteiger partial charge in [-0.1, -0.05) is 0 Å². The number of nitrogens with two attached hydrogens (primary N) is 1. The Kier molecular flexibility index (Phi) is 10.1. The van der Waals surface area contributed by atoms with Crippen LogP contribution in [0.2, 0.25) is 0 Å². The van der Waals surface area contributed by atoms with Crippen molar-refractivity contribution in [2.75, 3.05) is 0 Å². The van der Waals surface area contributed by atoms with Crippen LogP contribution >= 0.6 is 9.53 Å². The van der Waals surface area contributed by atoms with Gasteiger partial charge in [0.25, 0.3) is 0 Å². The van der Waals surface area contributed by atoms with E-state index in [0.29, 0.717) is 5.69 Å². The third-order valence-electron chi connectivity index (χ3n) is 7.52. The van der Waals surface area contributed by atoms with Crippen LogP contribution in [0.15, 0.2) is 175 Å². The molecule has 6 aromatic carbocycles. The zero-order valence-corrected chi connectivity index (χ0v) is 27.1. The van der Waals surface area contributed by atoms with Gasteiger partial charge in [0.15, 0.2) is 0 Å². The molecule has 2 nitrogen and oxygen atoms in total. The number of hydrogen-bond donors (Lipinski definition) is 1. The number of hydrogen-bond acceptors (Lipinski definition) is 1. The van der Waals surface area contributed by atoms with E-state index in [1.54, 1.807) is 18.2 Å². The number of benzene rings is 6. The summed E-state index contributed by atoms with van der Waals surface area (Å²) in [5.41, 5.74) is 15.3. The summed E-state index contributed by atoms with van der Waals surface area (Å²) in [6, 6.07) is 55.7. The van der Waals surface area contributed by atoms with Gasteiger partial charge in [0.05, 0.1) is 0 Å². The van der Waals surface area contributed by atoms with E-state index in [1.165, 1.54) is 6.07 Å². The SMILES string of the molecule is N/C(=N\c1ccccc1/C(=C(/C(=[C](\[Pd][Cl])c1ccccc1)c1ccccc1)c1ccccc1)c1ccccc1)c1ccccc1F. The second-order valence-electron chi connectivity index (χ2n) is 10.4. The predicted octanol–water partition coefficient (Wildman–Crippen LogP) is 10.6. The van der Waals surface area contributed by atoms with Gasteiger partial charge in [-0.2, -0.15) is 0 Å². The molecule has 0 radical (unpaired) electrons. The van der Waals surface area contributed by atoms with E-state index in [-0.39, 0.29) is 28.4 Å². The van der Waals surface area contributed by atoms with Crippen LogP contribution in [0.3, 0.4) is 0 Å². The Morgan fingerprint density at radius 1 is 0.500 bits per heavy atom. The summed E-state index contributed by atoms with van der Waals surface area (Å²) >= 11 is -0.264. The number of rotatable bonds is 9. The minimum atomic E-state index is -0.421. The summed E-state index contributed by atoms with van der Waals surface area (Å²) in [6.45, 7) is 0. The van der Waals surface area contributed by atoms with Crippen LogP contribution in [-0.4, -0.2) is 5.84 Å². The monoisotopic (exact) mass is 710 g/mol. The standard InChI is InChI=1S/C41H30FN2.ClH.Pd/c42-37-27-15-13-25-34(37)41(43)44-38-28-16-14-26-35(38)39(32-21-9-3-10-22-32)40(33-23-11-4-12-24-33)36(31-19-7-2-8-20-31)29-30-17-5-1-6-18-30;;/h1-28H,(H2,43,44);1H;/q;;+1/p-1/b36-29?,40-39+;;. The van der Waals surface area contributed by atoms with Crippen LogP contribution in [0.25, 0.3) is 20.8 Å². The van der Waals surface area contributed by atoms with Crippen LogP contribution in [0.5, 0.6) is 0 Å². The molecule has 2 N–H and O–H groups in total. The average molecular weight is 712 g/mol. The van der Waals surface area contributed by atoms with Gasteiger partial charge >= 0.3 is 283 Å². The second kappa shape index (κ2) is 15.0. The van der Waals surface area contributed by atoms with Crippen molar-refractivity contribution in [1.29, 1.82) is 0 Å². The van der Waals surface area contributed by atoms with Crippen molar-refractivity contribution in [3.8, 4) is 0 Å². The van der Waals surface area contributed by atoms with E-state index in [4.69, 9.17) is 20.3 Å². The number of halogens is 2. The van der Waals surface area contributed by atoms with Gasteiger partial charge < -0.3 is 0 Å². The molecule has 0 heterocycles. The molecule has 46 heavy (non-hydrogen) atoms. The first-order valence-corrected chi connectivity index (χ1v) is 17.5. The van der Waals surface area contributed by atoms with Gasteiger partial charge in [0.2, 0.25) is 0 Å². The van der Waals surface area contributed by atoms with E-state index in [0.717, 1.165) is 48.6 Å². The summed E-state index contributed by atoms with van der Waals surface area (Å²) in [7, 11) is 6.95. The number of aliphatic imine (C=N–C) groups is 1. The van der Waals surface area contributed by atoms with Crippen molar-refractivity contribution in [2.45, 2.75) is 0 Å². The van der Waals surface area contributed by atoms with Gasteiger partial charge in [-0.3, -0.25) is 0 Å². The molecule has 0 saturated carbocycles. The Balaban J connectivity index is 1.78. The maximum absolute atomic E-state index is 14.8. The number of nitrogens with zero attached hydrogens (tertiary/aromatic N) is 1. The molecule has 0 fully saturated rings. The molecule has 5 heteroatoms. The van der Waals surface area contributed by atoms with Gasteiger partial charge in [-0.05, 0) is 0 Å². The molecule has 0 aromatic heterocycles. The maximum atomic E-state index is 14.8. The molecule has 0 saturated heterocycles. The van der Waals surface area contributed by atoms with E-state index in [2.05, 4.69) is 60.7 Å². The van der Waals surface area contributed by atoms with Gasteiger partial charge in [0, 0.05) is 0 Å². The summed E-state index contributed by atoms with van der Waals surface area (Å²) in [6.07, 6.45) is 0. The molecular weight excluding hydrogens is 681 g/mol. The summed E-state index contributed by atoms with van der Waals surface area (Å²) < 4.78 is 15.9. The molecule has 0 aliphatic heterocycles. The third-order valence-corrected chi connectivity index (χ3v) is 9.36. The molecule has 0 unspecified atom stereocenters. The topological polar surface area (TPSA) is 38.4 Å². The zero-order chi connectivity index (χ0) is 31.7. The van der Waals surface area contributed by atoms with Crippen molar-refractivity contribution in [3.05, 3.63) is 209 Å². The fourth-order valence-electron chi connectivity index (χ4n) is 5.45. The molecule has 6 aromatic rings. The van der Waals surface area contributed by atoms with Crippen molar-refractivity contribution < 1.29 is 21.4 Å². The van der Waals surface area contributed by atoms with Crippen LogP contribution in [0.4, 0.5) is 10.1 Å². The Bertz CT molecular complexity index is 2020. The number of para-hydroxylation sites is 1. The zero-order valence-electron chi connectivity index (χ0n) is 24.8. The Labute approximate surface area is 281 Å². The molecule has 228 valence electrons. The minimum absolute atomic E-state index is 0.103. The normalized spacial score (nSPS) is 12.8. The van der Waals surface area contributed by atoms with Gasteiger partial charge in [-0.15, -0.1) is 0 Å². The first-order valence-electron chi connectivity index (χ1n) is 14.7. The fourth-order valence-corrected chi connectivity index (χ4v) is 7.21. The van der Waals surface area contributed by atoms with Crippen molar-refractivity contribution in [3.63, 3.8) is 0 Å². The Morgan fingerprint density at radius 2 is 0.935 bits per heavy atom. The molecule has 0 atom stereocenters. The molecule has 0 aliphatic rings. The van der Waals surface area contributed by atoms with E-state index in [1.807, 2.05) is 84.9 Å². The summed E-state index contributed by atoms with van der Waals surface area (Å²) in [5.74, 6) is -0.317. The molecule has 6 rings (SSSR count). The number of allylic oxidation sites excluding steroid dienone is 2. The molecule has 0 spiro atoms. The molecule has 0 amide bonds. The van der Waals surface area contributed by atoms with Crippen molar-refractivity contribution >= 4 is 41.8 Å². The van der Waals surface area contributed by atoms with Crippen LogP contribution in [0.1, 0.15) is 33.4 Å². The third kappa shape index (κ3) is 6.86. The quantitative estimate of drug-likeness (QED) is 0.0524. The van der Waals surface area contributed by atoms with Crippen LogP contribution in [0, 0.1) is 5.82 Å².